The van der Waals surface area contributed by atoms with Gasteiger partial charge in [0.15, 0.2) is 0 Å². The van der Waals surface area contributed by atoms with Crippen molar-refractivity contribution in [1.29, 1.82) is 0 Å². The van der Waals surface area contributed by atoms with E-state index in [1.54, 1.807) is 50.6 Å². The lowest BCUT2D eigenvalue weighted by molar-refractivity contribution is -0.138. The molecule has 3 atom stereocenters. The fraction of sp³-hybridized carbons (Fsp3) is 0.483. The maximum atomic E-state index is 12.3. The Balaban J connectivity index is 1.46. The number of pyridine rings is 3. The molecule has 1 aliphatic heterocycles. The number of nitrogens with two attached hydrogens (primary N) is 1. The molecule has 11 heteroatoms. The Bertz CT molecular complexity index is 1450. The molecule has 1 aliphatic carbocycles. The number of nitrogens with zero attached hydrogens (tertiary/aromatic N) is 4. The average Bonchev–Trinajstić information content (AvgIpc) is 2.88. The van der Waals surface area contributed by atoms with Crippen LogP contribution in [-0.4, -0.2) is 71.7 Å². The van der Waals surface area contributed by atoms with Crippen LogP contribution in [0.15, 0.2) is 30.6 Å². The third kappa shape index (κ3) is 5.18. The number of fused-ring (bicyclic) bond motifs is 2. The number of carbonyl (C=O) groups is 2. The molecule has 0 aromatic carbocycles. The van der Waals surface area contributed by atoms with Crippen molar-refractivity contribution in [3.05, 3.63) is 47.4 Å². The predicted octanol–water partition coefficient (Wildman–Crippen LogP) is 3.50. The second-order valence-electron chi connectivity index (χ2n) is 11.2. The summed E-state index contributed by atoms with van der Waals surface area (Å²) in [5.41, 5.74) is 7.77. The maximum Gasteiger partial charge on any atom is 0.340 e. The summed E-state index contributed by atoms with van der Waals surface area (Å²) in [6, 6.07) is 5.34. The number of anilines is 2. The Hall–Kier alpha value is -3.83. The fourth-order valence-electron chi connectivity index (χ4n) is 5.24. The van der Waals surface area contributed by atoms with Crippen LogP contribution in [0.5, 0.6) is 5.88 Å². The van der Waals surface area contributed by atoms with Crippen molar-refractivity contribution in [3.63, 3.8) is 0 Å². The number of carbonyl (C=O) groups excluding carboxylic acids is 2. The highest BCUT2D eigenvalue weighted by Gasteiger charge is 2.38. The third-order valence-corrected chi connectivity index (χ3v) is 7.79. The minimum Gasteiger partial charge on any atom is -0.474 e. The van der Waals surface area contributed by atoms with Crippen molar-refractivity contribution in [2.75, 3.05) is 33.1 Å². The highest BCUT2D eigenvalue weighted by Crippen LogP contribution is 2.37. The molecule has 0 radical (unpaired) electrons. The molecule has 1 saturated carbocycles. The molecule has 3 N–H and O–H groups in total. The number of cyclic esters (lactones) is 1. The summed E-state index contributed by atoms with van der Waals surface area (Å²) in [5.74, 6) is 1.22. The molecule has 1 amide bonds. The molecule has 0 spiro atoms. The van der Waals surface area contributed by atoms with Gasteiger partial charge in [0.25, 0.3) is 0 Å². The lowest BCUT2D eigenvalue weighted by atomic mass is 9.81. The highest BCUT2D eigenvalue weighted by molar-refractivity contribution is 5.93. The number of aromatic nitrogens is 3. The molecule has 40 heavy (non-hydrogen) atoms. The largest absolute Gasteiger partial charge is 0.474 e. The summed E-state index contributed by atoms with van der Waals surface area (Å²) in [4.78, 5) is 40.1. The fourth-order valence-corrected chi connectivity index (χ4v) is 5.24. The molecular weight excluding hydrogens is 512 g/mol. The molecular formula is C29H36N6O5. The molecule has 3 aromatic heterocycles. The number of rotatable bonds is 8. The number of methoxy groups -OCH3 is 1. The number of nitrogens with one attached hydrogen (secondary N) is 1. The van der Waals surface area contributed by atoms with E-state index in [0.29, 0.717) is 47.0 Å². The second-order valence-corrected chi connectivity index (χ2v) is 11.2. The third-order valence-electron chi connectivity index (χ3n) is 7.79. The van der Waals surface area contributed by atoms with Crippen molar-refractivity contribution in [3.8, 4) is 5.88 Å². The highest BCUT2D eigenvalue weighted by atomic mass is 16.5. The Kier molecular flexibility index (Phi) is 7.36. The molecule has 0 bridgehead atoms. The minimum atomic E-state index is -0.827. The minimum absolute atomic E-state index is 0.0369. The normalized spacial score (nSPS) is 23.4. The summed E-state index contributed by atoms with van der Waals surface area (Å²) >= 11 is 0. The van der Waals surface area contributed by atoms with E-state index in [-0.39, 0.29) is 42.5 Å². The summed E-state index contributed by atoms with van der Waals surface area (Å²) in [6.45, 7) is 6.02. The van der Waals surface area contributed by atoms with Crippen LogP contribution in [-0.2, 0) is 19.8 Å². The van der Waals surface area contributed by atoms with Gasteiger partial charge in [0.2, 0.25) is 11.8 Å². The first-order valence-electron chi connectivity index (χ1n) is 13.4. The number of amides is 1. The monoisotopic (exact) mass is 548 g/mol. The SMILES string of the molecule is COC[C@@](C)(N)c1cnc(OC2CC(C(=O)N(C)C)C2)c2cnc(Nc3ccc4c(n3)[C@@H](C)[C@H](C)OC4=O)cc12. The van der Waals surface area contributed by atoms with Gasteiger partial charge in [0.05, 0.1) is 28.8 Å². The molecule has 5 rings (SSSR count). The standard InChI is InChI=1S/C29H36N6O5/c1-15-16(2)39-28(37)19-7-8-23(34-25(15)19)33-24-11-20-21(12-31-24)26(32-13-22(20)29(3,30)14-38-6)40-18-9-17(10-18)27(36)35(4)5/h7-8,11-13,15-18H,9-10,14,30H2,1-6H3,(H,31,33,34)/t15-,16-,17?,18?,29+/m0/s1. The molecule has 0 unspecified atom stereocenters. The van der Waals surface area contributed by atoms with Gasteiger partial charge < -0.3 is 30.2 Å². The van der Waals surface area contributed by atoms with Crippen LogP contribution in [0.25, 0.3) is 10.8 Å². The van der Waals surface area contributed by atoms with Gasteiger partial charge >= 0.3 is 5.97 Å². The van der Waals surface area contributed by atoms with E-state index in [1.165, 1.54) is 0 Å². The molecule has 212 valence electrons. The smallest absolute Gasteiger partial charge is 0.340 e. The van der Waals surface area contributed by atoms with Gasteiger partial charge in [0.1, 0.15) is 23.8 Å². The van der Waals surface area contributed by atoms with Gasteiger partial charge in [-0.1, -0.05) is 6.92 Å². The van der Waals surface area contributed by atoms with Crippen LogP contribution in [0, 0.1) is 5.92 Å². The van der Waals surface area contributed by atoms with Crippen LogP contribution in [0.3, 0.4) is 0 Å². The lowest BCUT2D eigenvalue weighted by Gasteiger charge is -2.35. The molecule has 4 heterocycles. The second kappa shape index (κ2) is 10.6. The van der Waals surface area contributed by atoms with Crippen LogP contribution >= 0.6 is 0 Å². The van der Waals surface area contributed by atoms with E-state index in [2.05, 4.69) is 15.3 Å². The zero-order chi connectivity index (χ0) is 28.8. The number of ether oxygens (including phenoxy) is 3. The summed E-state index contributed by atoms with van der Waals surface area (Å²) < 4.78 is 17.0. The van der Waals surface area contributed by atoms with Crippen molar-refractivity contribution < 1.29 is 23.8 Å². The van der Waals surface area contributed by atoms with E-state index in [0.717, 1.165) is 10.9 Å². The van der Waals surface area contributed by atoms with Gasteiger partial charge in [-0.05, 0) is 50.3 Å². The first-order chi connectivity index (χ1) is 19.0. The van der Waals surface area contributed by atoms with Crippen molar-refractivity contribution >= 4 is 34.3 Å². The zero-order valence-electron chi connectivity index (χ0n) is 23.7. The van der Waals surface area contributed by atoms with Crippen molar-refractivity contribution in [2.24, 2.45) is 11.7 Å². The van der Waals surface area contributed by atoms with Crippen LogP contribution in [0.1, 0.15) is 61.1 Å². The lowest BCUT2D eigenvalue weighted by Crippen LogP contribution is -2.43. The Morgan fingerprint density at radius 1 is 1.18 bits per heavy atom. The van der Waals surface area contributed by atoms with E-state index >= 15 is 0 Å². The number of esters is 1. The quantitative estimate of drug-likeness (QED) is 0.402. The van der Waals surface area contributed by atoms with E-state index in [9.17, 15) is 9.59 Å². The molecule has 3 aromatic rings. The van der Waals surface area contributed by atoms with E-state index in [1.807, 2.05) is 26.8 Å². The van der Waals surface area contributed by atoms with Gasteiger partial charge in [-0.3, -0.25) is 4.79 Å². The van der Waals surface area contributed by atoms with Crippen LogP contribution in [0.4, 0.5) is 11.6 Å². The van der Waals surface area contributed by atoms with Crippen molar-refractivity contribution in [1.82, 2.24) is 19.9 Å². The number of hydrogen-bond acceptors (Lipinski definition) is 10. The van der Waals surface area contributed by atoms with Gasteiger partial charge in [-0.2, -0.15) is 0 Å². The van der Waals surface area contributed by atoms with Crippen LogP contribution < -0.4 is 15.8 Å². The van der Waals surface area contributed by atoms with Gasteiger partial charge in [0, 0.05) is 51.0 Å². The van der Waals surface area contributed by atoms with Gasteiger partial charge in [-0.15, -0.1) is 0 Å². The van der Waals surface area contributed by atoms with Crippen molar-refractivity contribution in [2.45, 2.75) is 57.3 Å². The summed E-state index contributed by atoms with van der Waals surface area (Å²) in [6.07, 6.45) is 4.34. The Morgan fingerprint density at radius 3 is 2.62 bits per heavy atom. The summed E-state index contributed by atoms with van der Waals surface area (Å²) in [7, 11) is 5.13. The topological polar surface area (TPSA) is 142 Å². The van der Waals surface area contributed by atoms with E-state index < -0.39 is 5.54 Å². The molecule has 2 aliphatic rings. The zero-order valence-corrected chi connectivity index (χ0v) is 23.7. The van der Waals surface area contributed by atoms with Gasteiger partial charge in [-0.25, -0.2) is 19.7 Å². The Morgan fingerprint density at radius 2 is 1.93 bits per heavy atom. The van der Waals surface area contributed by atoms with E-state index in [4.69, 9.17) is 24.9 Å². The summed E-state index contributed by atoms with van der Waals surface area (Å²) in [5, 5.41) is 4.79. The molecule has 1 fully saturated rings. The molecule has 0 saturated heterocycles. The first kappa shape index (κ1) is 27.7. The average molecular weight is 549 g/mol. The Labute approximate surface area is 233 Å². The van der Waals surface area contributed by atoms with Crippen LogP contribution in [0.2, 0.25) is 0 Å². The number of hydrogen-bond donors (Lipinski definition) is 2. The molecule has 11 nitrogen and oxygen atoms in total. The first-order valence-corrected chi connectivity index (χ1v) is 13.4. The predicted molar refractivity (Wildman–Crippen MR) is 150 cm³/mol. The maximum absolute atomic E-state index is 12.3.